The number of hydrogen-bond donors (Lipinski definition) is 1. The molecule has 2 N–H and O–H groups in total. The van der Waals surface area contributed by atoms with Gasteiger partial charge >= 0.3 is 0 Å². The summed E-state index contributed by atoms with van der Waals surface area (Å²) >= 11 is 6.10. The molecule has 0 aliphatic rings. The van der Waals surface area contributed by atoms with Crippen LogP contribution in [0.15, 0.2) is 36.4 Å². The first-order valence-electron chi connectivity index (χ1n) is 6.17. The van der Waals surface area contributed by atoms with Gasteiger partial charge in [-0.3, -0.25) is 0 Å². The van der Waals surface area contributed by atoms with E-state index < -0.39 is 5.82 Å². The number of nitrogen functional groups attached to an aromatic ring is 1. The lowest BCUT2D eigenvalue weighted by molar-refractivity contribution is 0.625. The zero-order valence-corrected chi connectivity index (χ0v) is 11.8. The molecule has 3 aromatic rings. The van der Waals surface area contributed by atoms with E-state index >= 15 is 0 Å². The van der Waals surface area contributed by atoms with E-state index in [0.29, 0.717) is 27.8 Å². The Labute approximate surface area is 125 Å². The maximum atomic E-state index is 13.5. The van der Waals surface area contributed by atoms with Gasteiger partial charge in [-0.2, -0.15) is 4.68 Å². The molecule has 0 bridgehead atoms. The minimum Gasteiger partial charge on any atom is -0.398 e. The van der Waals surface area contributed by atoms with Gasteiger partial charge in [-0.1, -0.05) is 23.7 Å². The molecule has 0 saturated carbocycles. The lowest BCUT2D eigenvalue weighted by Gasteiger charge is -2.09. The summed E-state index contributed by atoms with van der Waals surface area (Å²) in [6, 6.07) is 9.55. The van der Waals surface area contributed by atoms with Crippen molar-refractivity contribution >= 4 is 17.3 Å². The summed E-state index contributed by atoms with van der Waals surface area (Å²) in [6.45, 7) is 1.89. The van der Waals surface area contributed by atoms with Crippen molar-refractivity contribution in [2.45, 2.75) is 6.92 Å². The lowest BCUT2D eigenvalue weighted by Crippen LogP contribution is -2.03. The second-order valence-electron chi connectivity index (χ2n) is 4.55. The first kappa shape index (κ1) is 13.5. The molecule has 1 heterocycles. The highest BCUT2D eigenvalue weighted by Crippen LogP contribution is 2.29. The largest absolute Gasteiger partial charge is 0.398 e. The van der Waals surface area contributed by atoms with Crippen LogP contribution in [0.1, 0.15) is 5.56 Å². The van der Waals surface area contributed by atoms with Gasteiger partial charge in [-0.25, -0.2) is 4.39 Å². The predicted octanol–water partition coefficient (Wildman–Crippen LogP) is 3.01. The minimum absolute atomic E-state index is 0.344. The highest BCUT2D eigenvalue weighted by molar-refractivity contribution is 6.32. The van der Waals surface area contributed by atoms with Gasteiger partial charge in [0.2, 0.25) is 0 Å². The maximum absolute atomic E-state index is 13.5. The van der Waals surface area contributed by atoms with Crippen LogP contribution in [0.25, 0.3) is 17.1 Å². The zero-order valence-electron chi connectivity index (χ0n) is 11.1. The van der Waals surface area contributed by atoms with E-state index in [9.17, 15) is 4.39 Å². The average Bonchev–Trinajstić information content (AvgIpc) is 2.93. The summed E-state index contributed by atoms with van der Waals surface area (Å²) < 4.78 is 14.8. The summed E-state index contributed by atoms with van der Waals surface area (Å²) in [6.07, 6.45) is 0. The summed E-state index contributed by atoms with van der Waals surface area (Å²) in [5, 5.41) is 11.8. The molecule has 106 valence electrons. The molecule has 0 atom stereocenters. The number of halogens is 2. The van der Waals surface area contributed by atoms with Crippen LogP contribution >= 0.6 is 11.6 Å². The SMILES string of the molecule is Cc1cccc(-c2nnnn2-c2cc(F)ccc2Cl)c1N. The van der Waals surface area contributed by atoms with Crippen molar-refractivity contribution < 1.29 is 4.39 Å². The number of nitrogens with two attached hydrogens (primary N) is 1. The fourth-order valence-electron chi connectivity index (χ4n) is 2.04. The number of para-hydroxylation sites is 1. The van der Waals surface area contributed by atoms with E-state index in [4.69, 9.17) is 17.3 Å². The van der Waals surface area contributed by atoms with Crippen molar-refractivity contribution in [2.24, 2.45) is 0 Å². The van der Waals surface area contributed by atoms with Crippen LogP contribution in [0.4, 0.5) is 10.1 Å². The molecule has 7 heteroatoms. The van der Waals surface area contributed by atoms with Crippen LogP contribution in [0.5, 0.6) is 0 Å². The Morgan fingerprint density at radius 3 is 2.86 bits per heavy atom. The second kappa shape index (κ2) is 5.14. The van der Waals surface area contributed by atoms with Crippen molar-refractivity contribution in [3.8, 4) is 17.1 Å². The molecule has 1 aromatic heterocycles. The van der Waals surface area contributed by atoms with Crippen LogP contribution in [0, 0.1) is 12.7 Å². The summed E-state index contributed by atoms with van der Waals surface area (Å²) in [4.78, 5) is 0. The van der Waals surface area contributed by atoms with Crippen molar-refractivity contribution in [1.29, 1.82) is 0 Å². The Morgan fingerprint density at radius 2 is 2.05 bits per heavy atom. The Balaban J connectivity index is 2.22. The van der Waals surface area contributed by atoms with Gasteiger partial charge in [0.15, 0.2) is 5.82 Å². The minimum atomic E-state index is -0.423. The Morgan fingerprint density at radius 1 is 1.24 bits per heavy atom. The molecule has 0 radical (unpaired) electrons. The molecule has 0 unspecified atom stereocenters. The third-order valence-electron chi connectivity index (χ3n) is 3.17. The van der Waals surface area contributed by atoms with Crippen LogP contribution in [-0.2, 0) is 0 Å². The van der Waals surface area contributed by atoms with Crippen molar-refractivity contribution in [1.82, 2.24) is 20.2 Å². The molecule has 0 fully saturated rings. The number of aryl methyl sites for hydroxylation is 1. The van der Waals surface area contributed by atoms with Gasteiger partial charge in [-0.05, 0) is 41.1 Å². The third kappa shape index (κ3) is 2.34. The van der Waals surface area contributed by atoms with E-state index in [1.807, 2.05) is 19.1 Å². The topological polar surface area (TPSA) is 69.6 Å². The predicted molar refractivity (Wildman–Crippen MR) is 78.7 cm³/mol. The number of hydrogen-bond acceptors (Lipinski definition) is 4. The standard InChI is InChI=1S/C14H11ClFN5/c1-8-3-2-4-10(13(8)17)14-18-19-20-21(14)12-7-9(16)5-6-11(12)15/h2-7H,17H2,1H3. The van der Waals surface area contributed by atoms with E-state index in [1.54, 1.807) is 6.07 Å². The number of nitrogens with zero attached hydrogens (tertiary/aromatic N) is 4. The molecule has 21 heavy (non-hydrogen) atoms. The van der Waals surface area contributed by atoms with Gasteiger partial charge < -0.3 is 5.73 Å². The van der Waals surface area contributed by atoms with E-state index in [0.717, 1.165) is 5.56 Å². The Kier molecular flexibility index (Phi) is 3.31. The summed E-state index contributed by atoms with van der Waals surface area (Å²) in [5.41, 5.74) is 8.58. The van der Waals surface area contributed by atoms with Gasteiger partial charge in [0.05, 0.1) is 10.7 Å². The highest BCUT2D eigenvalue weighted by Gasteiger charge is 2.16. The second-order valence-corrected chi connectivity index (χ2v) is 4.95. The summed E-state index contributed by atoms with van der Waals surface area (Å²) in [5.74, 6) is -0.0169. The average molecular weight is 304 g/mol. The Bertz CT molecular complexity index is 798. The number of tetrazole rings is 1. The van der Waals surface area contributed by atoms with Crippen LogP contribution in [0.2, 0.25) is 5.02 Å². The molecular formula is C14H11ClFN5. The fourth-order valence-corrected chi connectivity index (χ4v) is 2.24. The van der Waals surface area contributed by atoms with Crippen molar-refractivity contribution in [3.63, 3.8) is 0 Å². The van der Waals surface area contributed by atoms with Crippen LogP contribution in [0.3, 0.4) is 0 Å². The molecule has 3 rings (SSSR count). The monoisotopic (exact) mass is 303 g/mol. The Hall–Kier alpha value is -2.47. The van der Waals surface area contributed by atoms with Crippen LogP contribution in [-0.4, -0.2) is 20.2 Å². The van der Waals surface area contributed by atoms with E-state index in [2.05, 4.69) is 15.5 Å². The smallest absolute Gasteiger partial charge is 0.189 e. The van der Waals surface area contributed by atoms with Gasteiger partial charge in [0.1, 0.15) is 5.82 Å². The molecular weight excluding hydrogens is 293 g/mol. The first-order valence-corrected chi connectivity index (χ1v) is 6.55. The molecule has 0 aliphatic carbocycles. The van der Waals surface area contributed by atoms with Crippen LogP contribution < -0.4 is 5.73 Å². The first-order chi connectivity index (χ1) is 10.1. The molecule has 0 spiro atoms. The van der Waals surface area contributed by atoms with Crippen molar-refractivity contribution in [2.75, 3.05) is 5.73 Å². The highest BCUT2D eigenvalue weighted by atomic mass is 35.5. The molecule has 5 nitrogen and oxygen atoms in total. The number of benzene rings is 2. The van der Waals surface area contributed by atoms with Crippen molar-refractivity contribution in [3.05, 3.63) is 52.8 Å². The molecule has 0 amide bonds. The van der Waals surface area contributed by atoms with Gasteiger partial charge in [0.25, 0.3) is 0 Å². The normalized spacial score (nSPS) is 10.8. The van der Waals surface area contributed by atoms with Gasteiger partial charge in [-0.15, -0.1) is 5.10 Å². The quantitative estimate of drug-likeness (QED) is 0.739. The summed E-state index contributed by atoms with van der Waals surface area (Å²) in [7, 11) is 0. The van der Waals surface area contributed by atoms with E-state index in [-0.39, 0.29) is 0 Å². The third-order valence-corrected chi connectivity index (χ3v) is 3.49. The van der Waals surface area contributed by atoms with E-state index in [1.165, 1.54) is 22.9 Å². The van der Waals surface area contributed by atoms with Gasteiger partial charge in [0, 0.05) is 17.3 Å². The zero-order chi connectivity index (χ0) is 15.0. The lowest BCUT2D eigenvalue weighted by atomic mass is 10.1. The molecule has 0 saturated heterocycles. The molecule has 0 aliphatic heterocycles. The molecule has 2 aromatic carbocycles. The number of rotatable bonds is 2. The maximum Gasteiger partial charge on any atom is 0.189 e. The number of anilines is 1. The fraction of sp³-hybridized carbons (Fsp3) is 0.0714. The number of aromatic nitrogens is 4.